The van der Waals surface area contributed by atoms with Crippen LogP contribution < -0.4 is 5.32 Å². The number of hydrogen-bond acceptors (Lipinski definition) is 3. The van der Waals surface area contributed by atoms with Gasteiger partial charge < -0.3 is 10.4 Å². The Morgan fingerprint density at radius 1 is 0.828 bits per heavy atom. The highest BCUT2D eigenvalue weighted by molar-refractivity contribution is 5.94. The summed E-state index contributed by atoms with van der Waals surface area (Å²) in [6, 6.07) is 22.3. The number of aromatic nitrogens is 1. The van der Waals surface area contributed by atoms with Crippen LogP contribution in [-0.2, 0) is 4.79 Å². The van der Waals surface area contributed by atoms with E-state index in [1.54, 1.807) is 24.4 Å². The second kappa shape index (κ2) is 7.56. The van der Waals surface area contributed by atoms with Crippen molar-refractivity contribution in [3.63, 3.8) is 0 Å². The average Bonchev–Trinajstić information content (AvgIpc) is 2.72. The van der Waals surface area contributed by atoms with Gasteiger partial charge in [0, 0.05) is 24.2 Å². The first-order valence-corrected chi connectivity index (χ1v) is 9.11. The van der Waals surface area contributed by atoms with Crippen LogP contribution in [-0.4, -0.2) is 22.0 Å². The van der Waals surface area contributed by atoms with E-state index in [4.69, 9.17) is 0 Å². The molecule has 142 valence electrons. The average molecular weight is 382 g/mol. The third-order valence-corrected chi connectivity index (χ3v) is 4.63. The number of rotatable bonds is 4. The molecule has 4 rings (SSSR count). The van der Waals surface area contributed by atoms with Crippen LogP contribution in [0.5, 0.6) is 0 Å². The lowest BCUT2D eigenvalue weighted by Crippen LogP contribution is -2.05. The fourth-order valence-electron chi connectivity index (χ4n) is 3.32. The van der Waals surface area contributed by atoms with Crippen LogP contribution in [0, 0.1) is 0 Å². The molecule has 0 bridgehead atoms. The number of benzene rings is 3. The first kappa shape index (κ1) is 18.4. The second-order valence-electron chi connectivity index (χ2n) is 6.78. The molecule has 0 saturated carbocycles. The molecule has 0 fully saturated rings. The van der Waals surface area contributed by atoms with Crippen LogP contribution in [0.4, 0.5) is 5.69 Å². The third kappa shape index (κ3) is 3.99. The lowest BCUT2D eigenvalue weighted by Gasteiger charge is -2.11. The van der Waals surface area contributed by atoms with E-state index < -0.39 is 5.97 Å². The minimum absolute atomic E-state index is 0.160. The molecule has 4 aromatic rings. The number of pyridine rings is 1. The van der Waals surface area contributed by atoms with Crippen molar-refractivity contribution in [3.05, 3.63) is 84.6 Å². The van der Waals surface area contributed by atoms with E-state index >= 15 is 0 Å². The van der Waals surface area contributed by atoms with Crippen molar-refractivity contribution >= 4 is 28.5 Å². The SMILES string of the molecule is CC(=O)Nc1cccc(-c2cc(C(=O)O)cc(-c3ccc4ncccc4c3)c2)c1. The van der Waals surface area contributed by atoms with Crippen molar-refractivity contribution < 1.29 is 14.7 Å². The van der Waals surface area contributed by atoms with Crippen LogP contribution in [0.1, 0.15) is 17.3 Å². The molecule has 5 nitrogen and oxygen atoms in total. The van der Waals surface area contributed by atoms with Crippen LogP contribution in [0.3, 0.4) is 0 Å². The van der Waals surface area contributed by atoms with Crippen molar-refractivity contribution in [1.29, 1.82) is 0 Å². The fraction of sp³-hybridized carbons (Fsp3) is 0.0417. The Labute approximate surface area is 167 Å². The normalized spacial score (nSPS) is 10.7. The van der Waals surface area contributed by atoms with Gasteiger partial charge in [-0.1, -0.05) is 24.3 Å². The van der Waals surface area contributed by atoms with Gasteiger partial charge in [-0.3, -0.25) is 9.78 Å². The summed E-state index contributed by atoms with van der Waals surface area (Å²) >= 11 is 0. The highest BCUT2D eigenvalue weighted by Crippen LogP contribution is 2.31. The molecule has 29 heavy (non-hydrogen) atoms. The molecule has 0 aliphatic rings. The van der Waals surface area contributed by atoms with E-state index in [2.05, 4.69) is 10.3 Å². The summed E-state index contributed by atoms with van der Waals surface area (Å²) in [4.78, 5) is 27.4. The van der Waals surface area contributed by atoms with Crippen molar-refractivity contribution in [2.24, 2.45) is 0 Å². The summed E-state index contributed by atoms with van der Waals surface area (Å²) < 4.78 is 0. The largest absolute Gasteiger partial charge is 0.478 e. The van der Waals surface area contributed by atoms with Crippen LogP contribution in [0.25, 0.3) is 33.2 Å². The number of carbonyl (C=O) groups is 2. The molecule has 0 saturated heterocycles. The van der Waals surface area contributed by atoms with Gasteiger partial charge in [0.05, 0.1) is 11.1 Å². The van der Waals surface area contributed by atoms with Crippen molar-refractivity contribution in [2.45, 2.75) is 6.92 Å². The number of anilines is 1. The van der Waals surface area contributed by atoms with Gasteiger partial charge in [-0.25, -0.2) is 4.79 Å². The molecule has 1 heterocycles. The Balaban J connectivity index is 1.84. The van der Waals surface area contributed by atoms with E-state index in [1.165, 1.54) is 6.92 Å². The van der Waals surface area contributed by atoms with Gasteiger partial charge in [-0.2, -0.15) is 0 Å². The number of carboxylic acids is 1. The van der Waals surface area contributed by atoms with E-state index in [1.807, 2.05) is 54.6 Å². The third-order valence-electron chi connectivity index (χ3n) is 4.63. The van der Waals surface area contributed by atoms with Gasteiger partial charge in [0.15, 0.2) is 0 Å². The number of nitrogens with one attached hydrogen (secondary N) is 1. The van der Waals surface area contributed by atoms with E-state index in [9.17, 15) is 14.7 Å². The quantitative estimate of drug-likeness (QED) is 0.507. The van der Waals surface area contributed by atoms with Gasteiger partial charge in [-0.05, 0) is 70.8 Å². The topological polar surface area (TPSA) is 79.3 Å². The second-order valence-corrected chi connectivity index (χ2v) is 6.78. The Morgan fingerprint density at radius 2 is 1.59 bits per heavy atom. The molecule has 0 unspecified atom stereocenters. The number of nitrogens with zero attached hydrogens (tertiary/aromatic N) is 1. The number of aromatic carboxylic acids is 1. The predicted molar refractivity (Wildman–Crippen MR) is 114 cm³/mol. The lowest BCUT2D eigenvalue weighted by molar-refractivity contribution is -0.114. The Bertz CT molecular complexity index is 1250. The molecule has 3 aromatic carbocycles. The van der Waals surface area contributed by atoms with E-state index in [0.717, 1.165) is 33.2 Å². The molecular weight excluding hydrogens is 364 g/mol. The minimum Gasteiger partial charge on any atom is -0.478 e. The molecule has 0 radical (unpaired) electrons. The number of hydrogen-bond donors (Lipinski definition) is 2. The lowest BCUT2D eigenvalue weighted by atomic mass is 9.95. The first-order chi connectivity index (χ1) is 14.0. The Kier molecular flexibility index (Phi) is 4.79. The van der Waals surface area contributed by atoms with Gasteiger partial charge >= 0.3 is 5.97 Å². The molecule has 0 aliphatic heterocycles. The zero-order chi connectivity index (χ0) is 20.4. The zero-order valence-electron chi connectivity index (χ0n) is 15.7. The number of carboxylic acid groups (broad SMARTS) is 1. The van der Waals surface area contributed by atoms with Gasteiger partial charge in [0.25, 0.3) is 0 Å². The molecule has 0 spiro atoms. The Hall–Kier alpha value is -3.99. The summed E-state index contributed by atoms with van der Waals surface area (Å²) in [6.07, 6.45) is 1.74. The van der Waals surface area contributed by atoms with Gasteiger partial charge in [-0.15, -0.1) is 0 Å². The fourth-order valence-corrected chi connectivity index (χ4v) is 3.32. The number of carbonyl (C=O) groups excluding carboxylic acids is 1. The van der Waals surface area contributed by atoms with Gasteiger partial charge in [0.1, 0.15) is 0 Å². The monoisotopic (exact) mass is 382 g/mol. The first-order valence-electron chi connectivity index (χ1n) is 9.11. The summed E-state index contributed by atoms with van der Waals surface area (Å²) in [5, 5.41) is 13.3. The smallest absolute Gasteiger partial charge is 0.335 e. The van der Waals surface area contributed by atoms with Crippen molar-refractivity contribution in [1.82, 2.24) is 4.98 Å². The van der Waals surface area contributed by atoms with Crippen LogP contribution in [0.2, 0.25) is 0 Å². The maximum atomic E-state index is 11.7. The molecule has 5 heteroatoms. The maximum Gasteiger partial charge on any atom is 0.335 e. The summed E-state index contributed by atoms with van der Waals surface area (Å²) in [5.41, 5.74) is 5.04. The Morgan fingerprint density at radius 3 is 2.31 bits per heavy atom. The van der Waals surface area contributed by atoms with Crippen molar-refractivity contribution in [3.8, 4) is 22.3 Å². The molecule has 2 N–H and O–H groups in total. The highest BCUT2D eigenvalue weighted by atomic mass is 16.4. The van der Waals surface area contributed by atoms with Crippen molar-refractivity contribution in [2.75, 3.05) is 5.32 Å². The minimum atomic E-state index is -0.992. The summed E-state index contributed by atoms with van der Waals surface area (Å²) in [7, 11) is 0. The standard InChI is InChI=1S/C24H18N2O3/c1-15(27)26-22-6-2-4-16(14-22)19-11-20(13-21(12-19)24(28)29)17-7-8-23-18(10-17)5-3-9-25-23/h2-14H,1H3,(H,26,27)(H,28,29). The summed E-state index contributed by atoms with van der Waals surface area (Å²) in [5.74, 6) is -1.15. The zero-order valence-corrected chi connectivity index (χ0v) is 15.7. The predicted octanol–water partition coefficient (Wildman–Crippen LogP) is 5.23. The van der Waals surface area contributed by atoms with Gasteiger partial charge in [0.2, 0.25) is 5.91 Å². The van der Waals surface area contributed by atoms with E-state index in [-0.39, 0.29) is 11.5 Å². The van der Waals surface area contributed by atoms with Crippen LogP contribution in [0.15, 0.2) is 79.0 Å². The highest BCUT2D eigenvalue weighted by Gasteiger charge is 2.11. The maximum absolute atomic E-state index is 11.7. The van der Waals surface area contributed by atoms with Crippen LogP contribution >= 0.6 is 0 Å². The number of fused-ring (bicyclic) bond motifs is 1. The molecule has 1 aromatic heterocycles. The summed E-state index contributed by atoms with van der Waals surface area (Å²) in [6.45, 7) is 1.45. The molecular formula is C24H18N2O3. The molecule has 0 atom stereocenters. The molecule has 0 aliphatic carbocycles. The number of amides is 1. The van der Waals surface area contributed by atoms with E-state index in [0.29, 0.717) is 5.69 Å². The molecule has 1 amide bonds.